The summed E-state index contributed by atoms with van der Waals surface area (Å²) in [5, 5.41) is 2.29. The molecule has 1 aliphatic heterocycles. The van der Waals surface area contributed by atoms with E-state index in [-0.39, 0.29) is 24.1 Å². The first-order valence-corrected chi connectivity index (χ1v) is 6.20. The zero-order valence-electron chi connectivity index (χ0n) is 9.77. The molecular weight excluding hydrogens is 269 g/mol. The Labute approximate surface area is 112 Å². The molecule has 1 fully saturated rings. The van der Waals surface area contributed by atoms with Crippen molar-refractivity contribution in [2.24, 2.45) is 0 Å². The average Bonchev–Trinajstić information content (AvgIpc) is 2.65. The number of fused-ring (bicyclic) bond motifs is 1. The molecule has 1 unspecified atom stereocenters. The lowest BCUT2D eigenvalue weighted by atomic mass is 10.1. The van der Waals surface area contributed by atoms with Gasteiger partial charge in [-0.25, -0.2) is 4.39 Å². The molecule has 2 aromatic rings. The molecule has 0 spiro atoms. The molecule has 0 bridgehead atoms. The van der Waals surface area contributed by atoms with Gasteiger partial charge in [0, 0.05) is 6.42 Å². The lowest BCUT2D eigenvalue weighted by Gasteiger charge is -2.22. The molecule has 1 aromatic carbocycles. The number of imide groups is 1. The van der Waals surface area contributed by atoms with Crippen LogP contribution in [0.4, 0.5) is 4.39 Å². The number of piperidine rings is 1. The van der Waals surface area contributed by atoms with Crippen molar-refractivity contribution >= 4 is 35.1 Å². The first-order chi connectivity index (χ1) is 9.06. The van der Waals surface area contributed by atoms with Gasteiger partial charge in [-0.2, -0.15) is 0 Å². The van der Waals surface area contributed by atoms with Crippen LogP contribution in [0.5, 0.6) is 0 Å². The number of carbonyl (C=O) groups excluding carboxylic acids is 2. The Balaban J connectivity index is 2.15. The first-order valence-electron chi connectivity index (χ1n) is 5.80. The van der Waals surface area contributed by atoms with Crippen LogP contribution in [0, 0.1) is 10.6 Å². The second-order valence-electron chi connectivity index (χ2n) is 4.43. The molecule has 0 aliphatic carbocycles. The number of carbonyl (C=O) groups is 2. The molecular formula is C12H10FN3O2S. The van der Waals surface area contributed by atoms with Crippen LogP contribution < -0.4 is 5.32 Å². The Morgan fingerprint density at radius 3 is 2.89 bits per heavy atom. The van der Waals surface area contributed by atoms with E-state index in [9.17, 15) is 14.0 Å². The number of H-pyrrole nitrogens is 1. The van der Waals surface area contributed by atoms with Crippen LogP contribution in [-0.2, 0) is 9.59 Å². The summed E-state index contributed by atoms with van der Waals surface area (Å²) < 4.78 is 15.1. The molecule has 7 heteroatoms. The van der Waals surface area contributed by atoms with E-state index in [1.54, 1.807) is 10.6 Å². The highest BCUT2D eigenvalue weighted by atomic mass is 32.1. The number of hydrogen-bond donors (Lipinski definition) is 2. The summed E-state index contributed by atoms with van der Waals surface area (Å²) in [5.74, 6) is -1.03. The Morgan fingerprint density at radius 2 is 2.16 bits per heavy atom. The van der Waals surface area contributed by atoms with Gasteiger partial charge in [0.25, 0.3) is 0 Å². The fraction of sp³-hybridized carbons (Fsp3) is 0.250. The van der Waals surface area contributed by atoms with Crippen LogP contribution in [-0.4, -0.2) is 21.4 Å². The molecule has 1 atom stereocenters. The van der Waals surface area contributed by atoms with Gasteiger partial charge in [0.1, 0.15) is 11.9 Å². The third kappa shape index (κ3) is 1.95. The summed E-state index contributed by atoms with van der Waals surface area (Å²) in [6.45, 7) is 0. The summed E-state index contributed by atoms with van der Waals surface area (Å²) in [7, 11) is 0. The highest BCUT2D eigenvalue weighted by molar-refractivity contribution is 7.71. The van der Waals surface area contributed by atoms with Crippen molar-refractivity contribution in [1.82, 2.24) is 14.9 Å². The summed E-state index contributed by atoms with van der Waals surface area (Å²) in [6, 6.07) is 3.67. The van der Waals surface area contributed by atoms with Crippen LogP contribution in [0.15, 0.2) is 18.2 Å². The fourth-order valence-corrected chi connectivity index (χ4v) is 2.68. The number of aromatic nitrogens is 2. The Bertz CT molecular complexity index is 749. The van der Waals surface area contributed by atoms with Crippen molar-refractivity contribution in [3.63, 3.8) is 0 Å². The van der Waals surface area contributed by atoms with Crippen molar-refractivity contribution < 1.29 is 14.0 Å². The lowest BCUT2D eigenvalue weighted by molar-refractivity contribution is -0.135. The predicted octanol–water partition coefficient (Wildman–Crippen LogP) is 1.82. The molecule has 1 aromatic heterocycles. The molecule has 5 nitrogen and oxygen atoms in total. The number of hydrogen-bond acceptors (Lipinski definition) is 3. The third-order valence-electron chi connectivity index (χ3n) is 3.20. The summed E-state index contributed by atoms with van der Waals surface area (Å²) in [5.41, 5.74) is 1.19. The Kier molecular flexibility index (Phi) is 2.70. The highest BCUT2D eigenvalue weighted by Crippen LogP contribution is 2.25. The second-order valence-corrected chi connectivity index (χ2v) is 4.82. The largest absolute Gasteiger partial charge is 0.330 e. The van der Waals surface area contributed by atoms with E-state index in [0.717, 1.165) is 0 Å². The molecule has 19 heavy (non-hydrogen) atoms. The van der Waals surface area contributed by atoms with Crippen molar-refractivity contribution in [1.29, 1.82) is 0 Å². The van der Waals surface area contributed by atoms with Gasteiger partial charge in [0.2, 0.25) is 11.8 Å². The normalized spacial score (nSPS) is 19.7. The van der Waals surface area contributed by atoms with Crippen LogP contribution >= 0.6 is 12.2 Å². The van der Waals surface area contributed by atoms with E-state index < -0.39 is 6.04 Å². The van der Waals surface area contributed by atoms with Crippen LogP contribution in [0.1, 0.15) is 18.9 Å². The second kappa shape index (κ2) is 4.27. The topological polar surface area (TPSA) is 66.9 Å². The minimum atomic E-state index is -0.538. The number of rotatable bonds is 1. The van der Waals surface area contributed by atoms with Crippen molar-refractivity contribution in [3.8, 4) is 0 Å². The molecule has 2 heterocycles. The van der Waals surface area contributed by atoms with Gasteiger partial charge < -0.3 is 9.55 Å². The zero-order valence-corrected chi connectivity index (χ0v) is 10.6. The number of benzene rings is 1. The number of nitrogens with one attached hydrogen (secondary N) is 2. The molecule has 3 rings (SSSR count). The monoisotopic (exact) mass is 279 g/mol. The number of halogens is 1. The quantitative estimate of drug-likeness (QED) is 0.618. The van der Waals surface area contributed by atoms with E-state index in [1.165, 1.54) is 12.1 Å². The molecule has 2 N–H and O–H groups in total. The average molecular weight is 279 g/mol. The lowest BCUT2D eigenvalue weighted by Crippen LogP contribution is -2.41. The van der Waals surface area contributed by atoms with Gasteiger partial charge in [-0.05, 0) is 36.8 Å². The molecule has 1 saturated heterocycles. The zero-order chi connectivity index (χ0) is 13.6. The fourth-order valence-electron chi connectivity index (χ4n) is 2.34. The number of nitrogens with zero attached hydrogens (tertiary/aromatic N) is 1. The van der Waals surface area contributed by atoms with Crippen LogP contribution in [0.2, 0.25) is 0 Å². The van der Waals surface area contributed by atoms with Crippen molar-refractivity contribution in [2.45, 2.75) is 18.9 Å². The van der Waals surface area contributed by atoms with E-state index in [1.807, 2.05) is 0 Å². The van der Waals surface area contributed by atoms with Crippen molar-refractivity contribution in [2.75, 3.05) is 0 Å². The Morgan fingerprint density at radius 1 is 1.37 bits per heavy atom. The third-order valence-corrected chi connectivity index (χ3v) is 3.50. The molecule has 1 aliphatic rings. The van der Waals surface area contributed by atoms with Gasteiger partial charge >= 0.3 is 0 Å². The highest BCUT2D eigenvalue weighted by Gasteiger charge is 2.29. The van der Waals surface area contributed by atoms with Gasteiger partial charge in [-0.1, -0.05) is 0 Å². The predicted molar refractivity (Wildman–Crippen MR) is 68.5 cm³/mol. The molecule has 2 amide bonds. The van der Waals surface area contributed by atoms with Gasteiger partial charge in [0.05, 0.1) is 11.0 Å². The van der Waals surface area contributed by atoms with E-state index in [0.29, 0.717) is 22.2 Å². The minimum absolute atomic E-state index is 0.270. The number of imidazole rings is 1. The van der Waals surface area contributed by atoms with E-state index >= 15 is 0 Å². The SMILES string of the molecule is O=C1CCC(n2c(=S)[nH]c3cc(F)ccc32)C(=O)N1. The van der Waals surface area contributed by atoms with Gasteiger partial charge in [0.15, 0.2) is 4.77 Å². The smallest absolute Gasteiger partial charge is 0.249 e. The van der Waals surface area contributed by atoms with Crippen LogP contribution in [0.3, 0.4) is 0 Å². The maximum atomic E-state index is 13.2. The Hall–Kier alpha value is -2.02. The van der Waals surface area contributed by atoms with E-state index in [2.05, 4.69) is 10.3 Å². The van der Waals surface area contributed by atoms with Gasteiger partial charge in [-0.15, -0.1) is 0 Å². The minimum Gasteiger partial charge on any atom is -0.330 e. The van der Waals surface area contributed by atoms with Crippen LogP contribution in [0.25, 0.3) is 11.0 Å². The molecule has 98 valence electrons. The standard InChI is InChI=1S/C12H10FN3O2S/c13-6-1-2-8-7(5-6)14-12(19)16(8)9-3-4-10(17)15-11(9)18/h1-2,5,9H,3-4H2,(H,14,19)(H,15,17,18). The maximum Gasteiger partial charge on any atom is 0.249 e. The number of amides is 2. The van der Waals surface area contributed by atoms with Gasteiger partial charge in [-0.3, -0.25) is 14.9 Å². The van der Waals surface area contributed by atoms with Crippen molar-refractivity contribution in [3.05, 3.63) is 28.8 Å². The summed E-state index contributed by atoms with van der Waals surface area (Å²) >= 11 is 5.18. The summed E-state index contributed by atoms with van der Waals surface area (Å²) in [4.78, 5) is 25.9. The summed E-state index contributed by atoms with van der Waals surface area (Å²) in [6.07, 6.45) is 0.662. The first kappa shape index (κ1) is 12.0. The van der Waals surface area contributed by atoms with E-state index in [4.69, 9.17) is 12.2 Å². The maximum absolute atomic E-state index is 13.2. The molecule has 0 saturated carbocycles. The number of aromatic amines is 1. The molecule has 0 radical (unpaired) electrons.